The van der Waals surface area contributed by atoms with Gasteiger partial charge in [-0.2, -0.15) is 4.98 Å². The fourth-order valence-electron chi connectivity index (χ4n) is 2.20. The van der Waals surface area contributed by atoms with E-state index < -0.39 is 0 Å². The summed E-state index contributed by atoms with van der Waals surface area (Å²) in [7, 11) is 0. The van der Waals surface area contributed by atoms with Gasteiger partial charge in [-0.05, 0) is 25.7 Å². The monoisotopic (exact) mass is 237 g/mol. The molecule has 0 aromatic carbocycles. The molecule has 1 aromatic heterocycles. The molecule has 0 saturated carbocycles. The molecule has 1 aliphatic heterocycles. The molecule has 1 aromatic rings. The zero-order chi connectivity index (χ0) is 12.3. The van der Waals surface area contributed by atoms with Crippen LogP contribution in [0.25, 0.3) is 0 Å². The van der Waals surface area contributed by atoms with Crippen LogP contribution in [0.1, 0.15) is 18.5 Å². The van der Waals surface area contributed by atoms with Crippen molar-refractivity contribution in [2.45, 2.75) is 19.8 Å². The Morgan fingerprint density at radius 1 is 1.59 bits per heavy atom. The number of piperidine rings is 1. The number of hydrogen-bond acceptors (Lipinski definition) is 6. The highest BCUT2D eigenvalue weighted by Gasteiger charge is 2.20. The molecule has 1 unspecified atom stereocenters. The Kier molecular flexibility index (Phi) is 3.75. The first kappa shape index (κ1) is 12.1. The van der Waals surface area contributed by atoms with Crippen LogP contribution < -0.4 is 16.2 Å². The molecule has 0 radical (unpaired) electrons. The molecule has 0 bridgehead atoms. The summed E-state index contributed by atoms with van der Waals surface area (Å²) in [5.41, 5.74) is 3.36. The molecule has 2 rings (SSSR count). The number of nitrogens with zero attached hydrogens (tertiary/aromatic N) is 3. The molecule has 0 spiro atoms. The van der Waals surface area contributed by atoms with Gasteiger partial charge in [-0.3, -0.25) is 5.43 Å². The van der Waals surface area contributed by atoms with Gasteiger partial charge >= 0.3 is 0 Å². The van der Waals surface area contributed by atoms with Gasteiger partial charge in [-0.15, -0.1) is 0 Å². The standard InChI is InChI=1S/C11H19N5O/c1-8-5-10(14-11(13-8)15-12)16-4-2-3-9(6-16)7-17/h5,9,17H,2-4,6-7,12H2,1H3,(H,13,14,15). The highest BCUT2D eigenvalue weighted by atomic mass is 16.3. The van der Waals surface area contributed by atoms with Crippen LogP contribution in [0.15, 0.2) is 6.07 Å². The van der Waals surface area contributed by atoms with Crippen LogP contribution in [0.4, 0.5) is 11.8 Å². The third-order valence-corrected chi connectivity index (χ3v) is 3.07. The highest BCUT2D eigenvalue weighted by molar-refractivity contribution is 5.44. The van der Waals surface area contributed by atoms with Crippen LogP contribution in [-0.4, -0.2) is 34.8 Å². The van der Waals surface area contributed by atoms with Gasteiger partial charge in [-0.25, -0.2) is 10.8 Å². The maximum absolute atomic E-state index is 9.22. The number of aryl methyl sites for hydroxylation is 1. The number of anilines is 2. The summed E-state index contributed by atoms with van der Waals surface area (Å²) in [6, 6.07) is 1.95. The fourth-order valence-corrected chi connectivity index (χ4v) is 2.20. The van der Waals surface area contributed by atoms with E-state index in [1.165, 1.54) is 0 Å². The smallest absolute Gasteiger partial charge is 0.239 e. The lowest BCUT2D eigenvalue weighted by molar-refractivity contribution is 0.208. The number of rotatable bonds is 3. The minimum Gasteiger partial charge on any atom is -0.396 e. The summed E-state index contributed by atoms with van der Waals surface area (Å²) in [5.74, 6) is 6.99. The normalized spacial score (nSPS) is 20.4. The van der Waals surface area contributed by atoms with E-state index in [-0.39, 0.29) is 6.61 Å². The predicted molar refractivity (Wildman–Crippen MR) is 66.6 cm³/mol. The zero-order valence-electron chi connectivity index (χ0n) is 10.1. The number of hydrogen-bond donors (Lipinski definition) is 3. The Morgan fingerprint density at radius 3 is 3.12 bits per heavy atom. The van der Waals surface area contributed by atoms with Gasteiger partial charge in [0, 0.05) is 31.5 Å². The van der Waals surface area contributed by atoms with Gasteiger partial charge in [0.25, 0.3) is 0 Å². The van der Waals surface area contributed by atoms with Gasteiger partial charge in [0.05, 0.1) is 0 Å². The Hall–Kier alpha value is -1.40. The quantitative estimate of drug-likeness (QED) is 0.517. The maximum Gasteiger partial charge on any atom is 0.239 e. The summed E-state index contributed by atoms with van der Waals surface area (Å²) in [6.07, 6.45) is 2.17. The summed E-state index contributed by atoms with van der Waals surface area (Å²) in [5, 5.41) is 9.22. The van der Waals surface area contributed by atoms with Gasteiger partial charge in [0.15, 0.2) is 0 Å². The third-order valence-electron chi connectivity index (χ3n) is 3.07. The molecule has 4 N–H and O–H groups in total. The molecule has 6 heteroatoms. The Balaban J connectivity index is 2.18. The van der Waals surface area contributed by atoms with E-state index in [9.17, 15) is 5.11 Å². The van der Waals surface area contributed by atoms with E-state index in [0.29, 0.717) is 11.9 Å². The molecular formula is C11H19N5O. The fraction of sp³-hybridized carbons (Fsp3) is 0.636. The summed E-state index contributed by atoms with van der Waals surface area (Å²) in [4.78, 5) is 10.7. The van der Waals surface area contributed by atoms with Crippen LogP contribution >= 0.6 is 0 Å². The molecule has 94 valence electrons. The first-order chi connectivity index (χ1) is 8.22. The molecule has 2 heterocycles. The van der Waals surface area contributed by atoms with E-state index in [0.717, 1.165) is 37.4 Å². The second kappa shape index (κ2) is 5.29. The van der Waals surface area contributed by atoms with Crippen molar-refractivity contribution in [2.24, 2.45) is 11.8 Å². The summed E-state index contributed by atoms with van der Waals surface area (Å²) >= 11 is 0. The van der Waals surface area contributed by atoms with Crippen molar-refractivity contribution in [1.82, 2.24) is 9.97 Å². The lowest BCUT2D eigenvalue weighted by Crippen LogP contribution is -2.37. The van der Waals surface area contributed by atoms with Gasteiger partial charge < -0.3 is 10.0 Å². The van der Waals surface area contributed by atoms with Crippen molar-refractivity contribution in [3.63, 3.8) is 0 Å². The van der Waals surface area contributed by atoms with Gasteiger partial charge in [0.2, 0.25) is 5.95 Å². The lowest BCUT2D eigenvalue weighted by atomic mass is 9.99. The second-order valence-corrected chi connectivity index (χ2v) is 4.47. The maximum atomic E-state index is 9.22. The minimum atomic E-state index is 0.239. The van der Waals surface area contributed by atoms with E-state index in [1.54, 1.807) is 0 Å². The van der Waals surface area contributed by atoms with E-state index >= 15 is 0 Å². The van der Waals surface area contributed by atoms with E-state index in [2.05, 4.69) is 20.3 Å². The first-order valence-corrected chi connectivity index (χ1v) is 5.91. The predicted octanol–water partition coefficient (Wildman–Crippen LogP) is 0.279. The second-order valence-electron chi connectivity index (χ2n) is 4.47. The number of nitrogens with two attached hydrogens (primary N) is 1. The number of hydrazine groups is 1. The largest absolute Gasteiger partial charge is 0.396 e. The highest BCUT2D eigenvalue weighted by Crippen LogP contribution is 2.22. The Labute approximate surface area is 101 Å². The molecule has 0 amide bonds. The number of aromatic nitrogens is 2. The van der Waals surface area contributed by atoms with Crippen molar-refractivity contribution in [3.8, 4) is 0 Å². The van der Waals surface area contributed by atoms with Crippen LogP contribution in [0, 0.1) is 12.8 Å². The molecule has 1 saturated heterocycles. The lowest BCUT2D eigenvalue weighted by Gasteiger charge is -2.32. The number of aliphatic hydroxyl groups excluding tert-OH is 1. The Morgan fingerprint density at radius 2 is 2.41 bits per heavy atom. The average Bonchev–Trinajstić information content (AvgIpc) is 2.38. The van der Waals surface area contributed by atoms with Crippen molar-refractivity contribution in [2.75, 3.05) is 30.0 Å². The topological polar surface area (TPSA) is 87.3 Å². The average molecular weight is 237 g/mol. The number of aliphatic hydroxyl groups is 1. The summed E-state index contributed by atoms with van der Waals surface area (Å²) < 4.78 is 0. The molecule has 1 fully saturated rings. The van der Waals surface area contributed by atoms with E-state index in [1.807, 2.05) is 13.0 Å². The molecule has 1 atom stereocenters. The zero-order valence-corrected chi connectivity index (χ0v) is 10.1. The Bertz CT molecular complexity index is 384. The van der Waals surface area contributed by atoms with E-state index in [4.69, 9.17) is 5.84 Å². The van der Waals surface area contributed by atoms with Crippen molar-refractivity contribution >= 4 is 11.8 Å². The van der Waals surface area contributed by atoms with Crippen LogP contribution in [0.2, 0.25) is 0 Å². The molecule has 1 aliphatic rings. The molecular weight excluding hydrogens is 218 g/mol. The SMILES string of the molecule is Cc1cc(N2CCCC(CO)C2)nc(NN)n1. The van der Waals surface area contributed by atoms with Crippen molar-refractivity contribution in [3.05, 3.63) is 11.8 Å². The third kappa shape index (κ3) is 2.83. The molecule has 0 aliphatic carbocycles. The van der Waals surface area contributed by atoms with Gasteiger partial charge in [0.1, 0.15) is 5.82 Å². The van der Waals surface area contributed by atoms with Crippen LogP contribution in [0.3, 0.4) is 0 Å². The molecule has 17 heavy (non-hydrogen) atoms. The van der Waals surface area contributed by atoms with Crippen molar-refractivity contribution in [1.29, 1.82) is 0 Å². The number of nitrogens with one attached hydrogen (secondary N) is 1. The minimum absolute atomic E-state index is 0.239. The first-order valence-electron chi connectivity index (χ1n) is 5.91. The summed E-state index contributed by atoms with van der Waals surface area (Å²) in [6.45, 7) is 3.97. The van der Waals surface area contributed by atoms with Gasteiger partial charge in [-0.1, -0.05) is 0 Å². The van der Waals surface area contributed by atoms with Crippen LogP contribution in [0.5, 0.6) is 0 Å². The number of nitrogen functional groups attached to an aromatic ring is 1. The van der Waals surface area contributed by atoms with Crippen LogP contribution in [-0.2, 0) is 0 Å². The molecule has 6 nitrogen and oxygen atoms in total. The van der Waals surface area contributed by atoms with Crippen molar-refractivity contribution < 1.29 is 5.11 Å².